The highest BCUT2D eigenvalue weighted by atomic mass is 16.5. The first-order valence-electron chi connectivity index (χ1n) is 4.81. The van der Waals surface area contributed by atoms with Crippen LogP contribution in [0.1, 0.15) is 32.6 Å². The van der Waals surface area contributed by atoms with Gasteiger partial charge < -0.3 is 4.74 Å². The van der Waals surface area contributed by atoms with Crippen LogP contribution in [0, 0.1) is 0 Å². The van der Waals surface area contributed by atoms with E-state index in [2.05, 4.69) is 20.1 Å². The maximum absolute atomic E-state index is 5.09. The molecule has 0 fully saturated rings. The zero-order chi connectivity index (χ0) is 10.1. The van der Waals surface area contributed by atoms with E-state index >= 15 is 0 Å². The monoisotopic (exact) mass is 180 g/mol. The quantitative estimate of drug-likeness (QED) is 0.328. The van der Waals surface area contributed by atoms with Gasteiger partial charge in [-0.15, -0.1) is 0 Å². The first-order chi connectivity index (χ1) is 6.26. The van der Waals surface area contributed by atoms with Crippen LogP contribution in [0.3, 0.4) is 0 Å². The summed E-state index contributed by atoms with van der Waals surface area (Å²) in [5, 5.41) is 0. The van der Waals surface area contributed by atoms with Gasteiger partial charge in [0.2, 0.25) is 0 Å². The minimum Gasteiger partial charge on any atom is -0.497 e. The smallest absolute Gasteiger partial charge is 0.114 e. The number of allylic oxidation sites excluding steroid dienone is 3. The topological polar surface area (TPSA) is 9.23 Å². The molecule has 0 bridgehead atoms. The molecule has 0 N–H and O–H groups in total. The molecule has 0 saturated carbocycles. The lowest BCUT2D eigenvalue weighted by Gasteiger charge is -2.08. The van der Waals surface area contributed by atoms with Gasteiger partial charge in [0, 0.05) is 0 Å². The van der Waals surface area contributed by atoms with E-state index in [1.165, 1.54) is 19.3 Å². The van der Waals surface area contributed by atoms with Gasteiger partial charge in [0.1, 0.15) is 5.76 Å². The van der Waals surface area contributed by atoms with E-state index in [1.807, 2.05) is 6.08 Å². The summed E-state index contributed by atoms with van der Waals surface area (Å²) in [5.41, 5.74) is 1.16. The van der Waals surface area contributed by atoms with Crippen LogP contribution in [0.25, 0.3) is 0 Å². The SMILES string of the molecule is C=C/C=C(/CCCCC)C(=C)OC. The summed E-state index contributed by atoms with van der Waals surface area (Å²) < 4.78 is 5.09. The highest BCUT2D eigenvalue weighted by Crippen LogP contribution is 2.16. The molecule has 1 nitrogen and oxygen atoms in total. The summed E-state index contributed by atoms with van der Waals surface area (Å²) in [6.07, 6.45) is 8.48. The number of hydrogen-bond donors (Lipinski definition) is 0. The molecule has 0 saturated heterocycles. The lowest BCUT2D eigenvalue weighted by Crippen LogP contribution is -1.91. The second-order valence-electron chi connectivity index (χ2n) is 3.01. The molecule has 0 atom stereocenters. The molecule has 0 aliphatic rings. The predicted octanol–water partition coefficient (Wildman–Crippen LogP) is 3.84. The highest BCUT2D eigenvalue weighted by Gasteiger charge is 2.00. The van der Waals surface area contributed by atoms with Gasteiger partial charge in [0.15, 0.2) is 0 Å². The Labute approximate surface area is 81.8 Å². The van der Waals surface area contributed by atoms with Crippen LogP contribution in [0.5, 0.6) is 0 Å². The second kappa shape index (κ2) is 7.66. The lowest BCUT2D eigenvalue weighted by atomic mass is 10.1. The maximum atomic E-state index is 5.09. The van der Waals surface area contributed by atoms with Gasteiger partial charge >= 0.3 is 0 Å². The Morgan fingerprint density at radius 1 is 1.38 bits per heavy atom. The van der Waals surface area contributed by atoms with E-state index in [9.17, 15) is 0 Å². The Bertz CT molecular complexity index is 189. The van der Waals surface area contributed by atoms with E-state index < -0.39 is 0 Å². The van der Waals surface area contributed by atoms with Crippen LogP contribution in [0.15, 0.2) is 36.6 Å². The van der Waals surface area contributed by atoms with Crippen LogP contribution in [-0.2, 0) is 4.74 Å². The molecule has 1 heteroatoms. The highest BCUT2D eigenvalue weighted by molar-refractivity contribution is 5.26. The molecule has 0 heterocycles. The van der Waals surface area contributed by atoms with E-state index in [-0.39, 0.29) is 0 Å². The number of methoxy groups -OCH3 is 1. The zero-order valence-corrected chi connectivity index (χ0v) is 8.81. The van der Waals surface area contributed by atoms with E-state index in [0.29, 0.717) is 0 Å². The lowest BCUT2D eigenvalue weighted by molar-refractivity contribution is 0.300. The predicted molar refractivity (Wildman–Crippen MR) is 58.6 cm³/mol. The molecule has 0 aliphatic carbocycles. The van der Waals surface area contributed by atoms with Crippen molar-refractivity contribution in [1.29, 1.82) is 0 Å². The first kappa shape index (κ1) is 12.0. The van der Waals surface area contributed by atoms with Crippen molar-refractivity contribution in [3.63, 3.8) is 0 Å². The van der Waals surface area contributed by atoms with Gasteiger partial charge in [0.25, 0.3) is 0 Å². The minimum absolute atomic E-state index is 0.760. The Hall–Kier alpha value is -0.980. The van der Waals surface area contributed by atoms with Crippen molar-refractivity contribution in [2.45, 2.75) is 32.6 Å². The molecule has 0 aromatic carbocycles. The zero-order valence-electron chi connectivity index (χ0n) is 8.81. The molecule has 0 aliphatic heterocycles. The third-order valence-electron chi connectivity index (χ3n) is 1.97. The Morgan fingerprint density at radius 3 is 2.54 bits per heavy atom. The fourth-order valence-corrected chi connectivity index (χ4v) is 1.15. The van der Waals surface area contributed by atoms with E-state index in [4.69, 9.17) is 4.74 Å². The number of rotatable bonds is 7. The molecule has 74 valence electrons. The third kappa shape index (κ3) is 5.29. The molecule has 0 spiro atoms. The average molecular weight is 180 g/mol. The molecule has 0 rings (SSSR count). The summed E-state index contributed by atoms with van der Waals surface area (Å²) in [5.74, 6) is 0.760. The largest absolute Gasteiger partial charge is 0.497 e. The molecule has 0 aromatic rings. The van der Waals surface area contributed by atoms with Crippen molar-refractivity contribution in [3.8, 4) is 0 Å². The number of ether oxygens (including phenoxy) is 1. The molecular weight excluding hydrogens is 160 g/mol. The van der Waals surface area contributed by atoms with Crippen molar-refractivity contribution in [2.75, 3.05) is 7.11 Å². The van der Waals surface area contributed by atoms with E-state index in [1.54, 1.807) is 13.2 Å². The Kier molecular flexibility index (Phi) is 7.08. The Morgan fingerprint density at radius 2 is 2.08 bits per heavy atom. The summed E-state index contributed by atoms with van der Waals surface area (Å²) in [6, 6.07) is 0. The third-order valence-corrected chi connectivity index (χ3v) is 1.97. The molecule has 0 radical (unpaired) electrons. The van der Waals surface area contributed by atoms with Gasteiger partial charge in [0.05, 0.1) is 7.11 Å². The van der Waals surface area contributed by atoms with Crippen LogP contribution in [-0.4, -0.2) is 7.11 Å². The van der Waals surface area contributed by atoms with Gasteiger partial charge in [-0.25, -0.2) is 0 Å². The normalized spacial score (nSPS) is 11.1. The van der Waals surface area contributed by atoms with Gasteiger partial charge in [-0.2, -0.15) is 0 Å². The van der Waals surface area contributed by atoms with Crippen molar-refractivity contribution >= 4 is 0 Å². The fourth-order valence-electron chi connectivity index (χ4n) is 1.15. The fraction of sp³-hybridized carbons (Fsp3) is 0.500. The van der Waals surface area contributed by atoms with Crippen LogP contribution >= 0.6 is 0 Å². The van der Waals surface area contributed by atoms with Gasteiger partial charge in [-0.05, 0) is 18.4 Å². The van der Waals surface area contributed by atoms with Crippen molar-refractivity contribution in [3.05, 3.63) is 36.6 Å². The summed E-state index contributed by atoms with van der Waals surface area (Å²) in [4.78, 5) is 0. The van der Waals surface area contributed by atoms with Crippen LogP contribution in [0.4, 0.5) is 0 Å². The van der Waals surface area contributed by atoms with Crippen molar-refractivity contribution in [1.82, 2.24) is 0 Å². The van der Waals surface area contributed by atoms with E-state index in [0.717, 1.165) is 17.8 Å². The molecule has 0 aromatic heterocycles. The average Bonchev–Trinajstić information content (AvgIpc) is 2.16. The molecular formula is C12H20O. The summed E-state index contributed by atoms with van der Waals surface area (Å²) in [7, 11) is 1.65. The summed E-state index contributed by atoms with van der Waals surface area (Å²) >= 11 is 0. The second-order valence-corrected chi connectivity index (χ2v) is 3.01. The number of unbranched alkanes of at least 4 members (excludes halogenated alkanes) is 2. The Balaban J connectivity index is 4.03. The van der Waals surface area contributed by atoms with Gasteiger partial charge in [-0.3, -0.25) is 0 Å². The van der Waals surface area contributed by atoms with Crippen LogP contribution in [0.2, 0.25) is 0 Å². The number of hydrogen-bond acceptors (Lipinski definition) is 1. The first-order valence-corrected chi connectivity index (χ1v) is 4.81. The summed E-state index contributed by atoms with van der Waals surface area (Å²) in [6.45, 7) is 9.70. The van der Waals surface area contributed by atoms with Crippen molar-refractivity contribution in [2.24, 2.45) is 0 Å². The van der Waals surface area contributed by atoms with Gasteiger partial charge in [-0.1, -0.05) is 45.1 Å². The molecule has 0 amide bonds. The maximum Gasteiger partial charge on any atom is 0.114 e. The molecule has 13 heavy (non-hydrogen) atoms. The minimum atomic E-state index is 0.760. The van der Waals surface area contributed by atoms with Crippen LogP contribution < -0.4 is 0 Å². The molecule has 0 unspecified atom stereocenters. The van der Waals surface area contributed by atoms with Crippen molar-refractivity contribution < 1.29 is 4.74 Å². The standard InChI is InChI=1S/C12H20O/c1-5-7-8-10-12(9-6-2)11(3)13-4/h6,9H,2-3,5,7-8,10H2,1,4H3/b12-9-.